The van der Waals surface area contributed by atoms with Crippen molar-refractivity contribution in [1.82, 2.24) is 15.0 Å². The van der Waals surface area contributed by atoms with E-state index in [2.05, 4.69) is 15.0 Å². The molecule has 0 spiro atoms. The summed E-state index contributed by atoms with van der Waals surface area (Å²) in [6.07, 6.45) is 7.60. The Morgan fingerprint density at radius 2 is 1.82 bits per heavy atom. The summed E-state index contributed by atoms with van der Waals surface area (Å²) in [7, 11) is -3.44. The van der Waals surface area contributed by atoms with Crippen molar-refractivity contribution in [3.8, 4) is 11.4 Å². The summed E-state index contributed by atoms with van der Waals surface area (Å²) in [6.45, 7) is 0. The molecule has 4 aromatic rings. The van der Waals surface area contributed by atoms with E-state index in [9.17, 15) is 8.42 Å². The van der Waals surface area contributed by atoms with Gasteiger partial charge in [-0.15, -0.1) is 0 Å². The van der Waals surface area contributed by atoms with Crippen LogP contribution in [0.3, 0.4) is 0 Å². The Bertz CT molecular complexity index is 1330. The summed E-state index contributed by atoms with van der Waals surface area (Å²) >= 11 is 0. The zero-order chi connectivity index (χ0) is 19.3. The van der Waals surface area contributed by atoms with Gasteiger partial charge in [0.25, 0.3) is 0 Å². The van der Waals surface area contributed by atoms with Crippen molar-refractivity contribution >= 4 is 32.0 Å². The van der Waals surface area contributed by atoms with Crippen molar-refractivity contribution < 1.29 is 12.8 Å². The summed E-state index contributed by atoms with van der Waals surface area (Å²) in [5.74, 6) is 0. The highest BCUT2D eigenvalue weighted by Gasteiger charge is 2.23. The normalized spacial score (nSPS) is 14.9. The second-order valence-electron chi connectivity index (χ2n) is 7.29. The first-order chi connectivity index (χ1) is 13.5. The Balaban J connectivity index is 1.72. The lowest BCUT2D eigenvalue weighted by molar-refractivity contribution is 0.596. The van der Waals surface area contributed by atoms with E-state index in [1.807, 2.05) is 30.3 Å². The van der Waals surface area contributed by atoms with Gasteiger partial charge >= 0.3 is 0 Å². The molecule has 0 amide bonds. The molecule has 0 saturated carbocycles. The topological polar surface area (TPSA) is 86.0 Å². The maximum atomic E-state index is 12.4. The molecule has 0 radical (unpaired) electrons. The molecule has 1 aliphatic carbocycles. The van der Waals surface area contributed by atoms with E-state index in [0.717, 1.165) is 54.2 Å². The molecular formula is C21H19N3O3S. The minimum absolute atomic E-state index is 0.174. The largest absolute Gasteiger partial charge is 0.436 e. The molecule has 0 saturated heterocycles. The fourth-order valence-corrected chi connectivity index (χ4v) is 4.87. The third kappa shape index (κ3) is 2.86. The highest BCUT2D eigenvalue weighted by Crippen LogP contribution is 2.31. The number of furan rings is 1. The summed E-state index contributed by atoms with van der Waals surface area (Å²) in [5.41, 5.74) is 4.80. The second-order valence-corrected chi connectivity index (χ2v) is 9.22. The van der Waals surface area contributed by atoms with Crippen LogP contribution in [0.15, 0.2) is 46.0 Å². The number of aromatic nitrogens is 3. The van der Waals surface area contributed by atoms with Crippen molar-refractivity contribution in [1.29, 1.82) is 0 Å². The van der Waals surface area contributed by atoms with Crippen LogP contribution >= 0.6 is 0 Å². The van der Waals surface area contributed by atoms with Crippen LogP contribution in [0.25, 0.3) is 33.6 Å². The zero-order valence-electron chi connectivity index (χ0n) is 15.5. The van der Waals surface area contributed by atoms with Gasteiger partial charge in [0.15, 0.2) is 14.9 Å². The number of hydrogen-bond acceptors (Lipinski definition) is 6. The lowest BCUT2D eigenvalue weighted by atomic mass is 10.0. The van der Waals surface area contributed by atoms with Crippen LogP contribution in [0, 0.1) is 0 Å². The predicted octanol–water partition coefficient (Wildman–Crippen LogP) is 4.11. The molecular weight excluding hydrogens is 374 g/mol. The van der Waals surface area contributed by atoms with Gasteiger partial charge in [-0.2, -0.15) is 0 Å². The summed E-state index contributed by atoms with van der Waals surface area (Å²) in [5, 5.41) is 1.08. The summed E-state index contributed by atoms with van der Waals surface area (Å²) in [6, 6.07) is 9.61. The van der Waals surface area contributed by atoms with Gasteiger partial charge in [-0.3, -0.25) is 0 Å². The van der Waals surface area contributed by atoms with Gasteiger partial charge in [-0.25, -0.2) is 23.4 Å². The molecule has 0 bridgehead atoms. The van der Waals surface area contributed by atoms with Crippen molar-refractivity contribution in [3.05, 3.63) is 47.7 Å². The van der Waals surface area contributed by atoms with Gasteiger partial charge in [-0.05, 0) is 55.0 Å². The van der Waals surface area contributed by atoms with Gasteiger partial charge in [0.2, 0.25) is 5.71 Å². The standard InChI is InChI=1S/C21H19N3O3S/c1-28(25,26)21-14-8-4-2-3-7-13(14)11-16(24-21)17-12-22-19-15-9-5-6-10-18(15)27-20(19)23-17/h5-6,9-12H,2-4,7-8H2,1H3. The monoisotopic (exact) mass is 393 g/mol. The third-order valence-electron chi connectivity index (χ3n) is 5.25. The zero-order valence-corrected chi connectivity index (χ0v) is 16.3. The molecule has 7 heteroatoms. The van der Waals surface area contributed by atoms with Crippen LogP contribution in [-0.2, 0) is 22.7 Å². The van der Waals surface area contributed by atoms with E-state index < -0.39 is 9.84 Å². The molecule has 142 valence electrons. The van der Waals surface area contributed by atoms with Gasteiger partial charge in [-0.1, -0.05) is 18.6 Å². The van der Waals surface area contributed by atoms with Crippen molar-refractivity contribution in [3.63, 3.8) is 0 Å². The van der Waals surface area contributed by atoms with Crippen LogP contribution in [0.5, 0.6) is 0 Å². The average Bonchev–Trinajstić information content (AvgIpc) is 2.87. The number of aryl methyl sites for hydroxylation is 1. The fraction of sp³-hybridized carbons (Fsp3) is 0.286. The fourth-order valence-electron chi connectivity index (χ4n) is 3.93. The first-order valence-electron chi connectivity index (χ1n) is 9.38. The number of fused-ring (bicyclic) bond motifs is 4. The number of para-hydroxylation sites is 1. The van der Waals surface area contributed by atoms with Crippen LogP contribution in [0.4, 0.5) is 0 Å². The smallest absolute Gasteiger partial charge is 0.246 e. The van der Waals surface area contributed by atoms with Gasteiger partial charge < -0.3 is 4.42 Å². The second kappa shape index (κ2) is 6.38. The van der Waals surface area contributed by atoms with Crippen molar-refractivity contribution in [2.24, 2.45) is 0 Å². The van der Waals surface area contributed by atoms with E-state index in [0.29, 0.717) is 22.6 Å². The Morgan fingerprint density at radius 3 is 2.68 bits per heavy atom. The Kier molecular flexibility index (Phi) is 3.94. The minimum Gasteiger partial charge on any atom is -0.436 e. The first kappa shape index (κ1) is 17.3. The van der Waals surface area contributed by atoms with Gasteiger partial charge in [0.1, 0.15) is 16.8 Å². The first-order valence-corrected chi connectivity index (χ1v) is 11.3. The Hall–Kier alpha value is -2.80. The number of nitrogens with zero attached hydrogens (tertiary/aromatic N) is 3. The minimum atomic E-state index is -3.44. The van der Waals surface area contributed by atoms with E-state index in [1.54, 1.807) is 6.20 Å². The highest BCUT2D eigenvalue weighted by molar-refractivity contribution is 7.90. The number of sulfone groups is 1. The molecule has 3 heterocycles. The van der Waals surface area contributed by atoms with E-state index in [-0.39, 0.29) is 5.03 Å². The third-order valence-corrected chi connectivity index (χ3v) is 6.29. The van der Waals surface area contributed by atoms with E-state index in [1.165, 1.54) is 6.26 Å². The van der Waals surface area contributed by atoms with Gasteiger partial charge in [0, 0.05) is 11.6 Å². The maximum absolute atomic E-state index is 12.4. The molecule has 0 atom stereocenters. The van der Waals surface area contributed by atoms with Crippen LogP contribution < -0.4 is 0 Å². The molecule has 28 heavy (non-hydrogen) atoms. The van der Waals surface area contributed by atoms with Crippen LogP contribution in [0.2, 0.25) is 0 Å². The Labute approximate surface area is 162 Å². The van der Waals surface area contributed by atoms with Gasteiger partial charge in [0.05, 0.1) is 11.9 Å². The number of hydrogen-bond donors (Lipinski definition) is 0. The summed E-state index contributed by atoms with van der Waals surface area (Å²) < 4.78 is 30.7. The number of rotatable bonds is 2. The number of benzene rings is 1. The van der Waals surface area contributed by atoms with Crippen LogP contribution in [0.1, 0.15) is 30.4 Å². The lowest BCUT2D eigenvalue weighted by Crippen LogP contribution is -2.09. The molecule has 6 nitrogen and oxygen atoms in total. The molecule has 0 aliphatic heterocycles. The highest BCUT2D eigenvalue weighted by atomic mass is 32.2. The van der Waals surface area contributed by atoms with Crippen LogP contribution in [-0.4, -0.2) is 29.6 Å². The lowest BCUT2D eigenvalue weighted by Gasteiger charge is -2.13. The maximum Gasteiger partial charge on any atom is 0.246 e. The Morgan fingerprint density at radius 1 is 1.00 bits per heavy atom. The van der Waals surface area contributed by atoms with Crippen molar-refractivity contribution in [2.45, 2.75) is 37.1 Å². The quantitative estimate of drug-likeness (QED) is 0.476. The predicted molar refractivity (Wildman–Crippen MR) is 107 cm³/mol. The molecule has 0 N–H and O–H groups in total. The molecule has 1 aromatic carbocycles. The molecule has 1 aliphatic rings. The van der Waals surface area contributed by atoms with E-state index >= 15 is 0 Å². The van der Waals surface area contributed by atoms with Crippen molar-refractivity contribution in [2.75, 3.05) is 6.26 Å². The molecule has 5 rings (SSSR count). The average molecular weight is 393 g/mol. The number of pyridine rings is 1. The van der Waals surface area contributed by atoms with E-state index in [4.69, 9.17) is 4.42 Å². The molecule has 3 aromatic heterocycles. The summed E-state index contributed by atoms with van der Waals surface area (Å²) in [4.78, 5) is 13.6. The SMILES string of the molecule is CS(=O)(=O)c1nc(-c2cnc3c(n2)oc2ccccc23)cc2c1CCCCC2. The molecule has 0 fully saturated rings. The molecule has 0 unspecified atom stereocenters.